The Hall–Kier alpha value is -4.39. The molecule has 0 aromatic heterocycles. The maximum absolute atomic E-state index is 15.3. The molecule has 4 aromatic rings. The van der Waals surface area contributed by atoms with Crippen LogP contribution in [0, 0.1) is 52.8 Å². The van der Waals surface area contributed by atoms with Crippen molar-refractivity contribution in [1.82, 2.24) is 0 Å². The zero-order valence-electron chi connectivity index (χ0n) is 25.3. The van der Waals surface area contributed by atoms with Gasteiger partial charge in [0.15, 0.2) is 0 Å². The summed E-state index contributed by atoms with van der Waals surface area (Å²) < 4.78 is 118. The number of alkyl halides is 3. The average Bonchev–Trinajstić information content (AvgIpc) is 3.00. The van der Waals surface area contributed by atoms with Crippen LogP contribution in [0.15, 0.2) is 54.6 Å². The molecule has 1 saturated carbocycles. The Kier molecular flexibility index (Phi) is 10.2. The van der Waals surface area contributed by atoms with Gasteiger partial charge in [0.1, 0.15) is 34.8 Å². The summed E-state index contributed by atoms with van der Waals surface area (Å²) in [5.41, 5.74) is -2.08. The summed E-state index contributed by atoms with van der Waals surface area (Å²) >= 11 is 0. The zero-order valence-corrected chi connectivity index (χ0v) is 25.3. The number of carbonyl (C=O) groups is 1. The van der Waals surface area contributed by atoms with Crippen LogP contribution in [0.1, 0.15) is 63.9 Å². The quantitative estimate of drug-likeness (QED) is 0.0619. The monoisotopic (exact) mass is 658 g/mol. The van der Waals surface area contributed by atoms with Crippen molar-refractivity contribution in [3.63, 3.8) is 0 Å². The molecule has 0 saturated heterocycles. The molecular formula is C37H30F8O2. The van der Waals surface area contributed by atoms with Gasteiger partial charge < -0.3 is 4.74 Å². The minimum Gasteiger partial charge on any atom is -0.426 e. The first-order chi connectivity index (χ1) is 22.3. The van der Waals surface area contributed by atoms with Crippen LogP contribution < -0.4 is 4.74 Å². The van der Waals surface area contributed by atoms with Crippen molar-refractivity contribution in [2.45, 2.75) is 64.5 Å². The van der Waals surface area contributed by atoms with Crippen LogP contribution in [0.3, 0.4) is 0 Å². The maximum Gasteiger partial charge on any atom is 0.458 e. The molecule has 2 nitrogen and oxygen atoms in total. The summed E-state index contributed by atoms with van der Waals surface area (Å²) in [4.78, 5) is 12.7. The van der Waals surface area contributed by atoms with Crippen molar-refractivity contribution in [1.29, 1.82) is 0 Å². The van der Waals surface area contributed by atoms with Gasteiger partial charge in [-0.05, 0) is 84.5 Å². The van der Waals surface area contributed by atoms with Crippen molar-refractivity contribution < 1.29 is 44.7 Å². The van der Waals surface area contributed by atoms with Gasteiger partial charge in [0, 0.05) is 22.9 Å². The third kappa shape index (κ3) is 7.95. The van der Waals surface area contributed by atoms with E-state index in [1.807, 2.05) is 0 Å². The Labute approximate surface area is 266 Å². The lowest BCUT2D eigenvalue weighted by Gasteiger charge is -2.27. The zero-order chi connectivity index (χ0) is 33.9. The van der Waals surface area contributed by atoms with Crippen LogP contribution in [-0.2, 0) is 4.79 Å². The molecule has 0 heterocycles. The normalized spacial score (nSPS) is 16.5. The summed E-state index contributed by atoms with van der Waals surface area (Å²) in [5.74, 6) is -3.69. The van der Waals surface area contributed by atoms with E-state index in [2.05, 4.69) is 6.92 Å². The van der Waals surface area contributed by atoms with E-state index in [0.717, 1.165) is 74.1 Å². The van der Waals surface area contributed by atoms with E-state index in [-0.39, 0.29) is 39.1 Å². The molecular weight excluding hydrogens is 628 g/mol. The maximum atomic E-state index is 15.3. The minimum atomic E-state index is -4.97. The average molecular weight is 659 g/mol. The number of esters is 1. The van der Waals surface area contributed by atoms with E-state index < -0.39 is 52.4 Å². The lowest BCUT2D eigenvalue weighted by Crippen LogP contribution is -2.25. The summed E-state index contributed by atoms with van der Waals surface area (Å²) in [7, 11) is 0. The van der Waals surface area contributed by atoms with Gasteiger partial charge in [-0.1, -0.05) is 50.7 Å². The van der Waals surface area contributed by atoms with Crippen molar-refractivity contribution in [2.75, 3.05) is 0 Å². The first-order valence-electron chi connectivity index (χ1n) is 15.4. The fraction of sp³-hybridized carbons (Fsp3) is 0.324. The molecule has 246 valence electrons. The second kappa shape index (κ2) is 14.2. The van der Waals surface area contributed by atoms with Crippen LogP contribution >= 0.6 is 0 Å². The Morgan fingerprint density at radius 2 is 1.51 bits per heavy atom. The molecule has 0 bridgehead atoms. The SMILES string of the molecule is CCCCCC1CCC(C(=O)Oc2ccc(-c3cc(F)c(-c4ccc5c(F)c(C#CC(F)(F)F)c(F)cc5c4)c(F)c3)c(F)c2)CC1. The molecule has 4 aromatic carbocycles. The Bertz CT molecular complexity index is 1840. The van der Waals surface area contributed by atoms with E-state index in [0.29, 0.717) is 18.8 Å². The molecule has 0 spiro atoms. The predicted octanol–water partition coefficient (Wildman–Crippen LogP) is 11.1. The summed E-state index contributed by atoms with van der Waals surface area (Å²) in [6.07, 6.45) is 3.02. The standard InChI is InChI=1S/C37H30F8O2/c1-2-3-4-5-21-6-8-22(9-7-21)36(46)47-26-11-13-27(31(39)20-26)25-18-32(40)34(33(41)19-25)23-10-12-28-24(16-23)17-30(38)29(35(28)42)14-15-37(43,44)45/h10-13,16-22H,2-9H2,1H3. The fourth-order valence-electron chi connectivity index (χ4n) is 6.10. The van der Waals surface area contributed by atoms with Gasteiger partial charge in [0.25, 0.3) is 0 Å². The second-order valence-electron chi connectivity index (χ2n) is 11.8. The molecule has 0 unspecified atom stereocenters. The number of unbranched alkanes of at least 4 members (excludes halogenated alkanes) is 2. The molecule has 47 heavy (non-hydrogen) atoms. The molecule has 10 heteroatoms. The molecule has 0 amide bonds. The van der Waals surface area contributed by atoms with Crippen molar-refractivity contribution in [2.24, 2.45) is 11.8 Å². The first kappa shape index (κ1) is 34.0. The first-order valence-corrected chi connectivity index (χ1v) is 15.4. The smallest absolute Gasteiger partial charge is 0.426 e. The fourth-order valence-corrected chi connectivity index (χ4v) is 6.10. The largest absolute Gasteiger partial charge is 0.458 e. The topological polar surface area (TPSA) is 26.3 Å². The number of ether oxygens (including phenoxy) is 1. The van der Waals surface area contributed by atoms with Crippen LogP contribution in [0.25, 0.3) is 33.0 Å². The number of benzene rings is 4. The number of halogens is 8. The highest BCUT2D eigenvalue weighted by atomic mass is 19.4. The summed E-state index contributed by atoms with van der Waals surface area (Å²) in [5, 5.41) is -0.480. The van der Waals surface area contributed by atoms with Crippen LogP contribution in [0.2, 0.25) is 0 Å². The number of carbonyl (C=O) groups excluding carboxylic acids is 1. The highest BCUT2D eigenvalue weighted by Crippen LogP contribution is 2.37. The number of hydrogen-bond donors (Lipinski definition) is 0. The lowest BCUT2D eigenvalue weighted by molar-refractivity contribution is -0.140. The summed E-state index contributed by atoms with van der Waals surface area (Å²) in [6, 6.07) is 9.31. The van der Waals surface area contributed by atoms with Gasteiger partial charge >= 0.3 is 12.1 Å². The lowest BCUT2D eigenvalue weighted by atomic mass is 9.80. The molecule has 0 atom stereocenters. The van der Waals surface area contributed by atoms with Gasteiger partial charge in [0.05, 0.1) is 17.0 Å². The van der Waals surface area contributed by atoms with Gasteiger partial charge in [-0.15, -0.1) is 0 Å². The number of hydrogen-bond acceptors (Lipinski definition) is 2. The predicted molar refractivity (Wildman–Crippen MR) is 163 cm³/mol. The van der Waals surface area contributed by atoms with E-state index in [4.69, 9.17) is 4.74 Å². The minimum absolute atomic E-state index is 0.0259. The highest BCUT2D eigenvalue weighted by Gasteiger charge is 2.28. The van der Waals surface area contributed by atoms with E-state index in [1.165, 1.54) is 30.9 Å². The number of fused-ring (bicyclic) bond motifs is 1. The van der Waals surface area contributed by atoms with E-state index in [1.54, 1.807) is 0 Å². The van der Waals surface area contributed by atoms with Crippen molar-refractivity contribution in [3.8, 4) is 39.8 Å². The molecule has 1 fully saturated rings. The van der Waals surface area contributed by atoms with E-state index >= 15 is 13.2 Å². The van der Waals surface area contributed by atoms with Gasteiger partial charge in [-0.25, -0.2) is 22.0 Å². The third-order valence-corrected chi connectivity index (χ3v) is 8.55. The van der Waals surface area contributed by atoms with Gasteiger partial charge in [0.2, 0.25) is 0 Å². The van der Waals surface area contributed by atoms with E-state index in [9.17, 15) is 26.7 Å². The van der Waals surface area contributed by atoms with Crippen LogP contribution in [0.5, 0.6) is 5.75 Å². The summed E-state index contributed by atoms with van der Waals surface area (Å²) in [6.45, 7) is 2.16. The molecule has 1 aliphatic rings. The molecule has 5 rings (SSSR count). The van der Waals surface area contributed by atoms with Crippen molar-refractivity contribution >= 4 is 16.7 Å². The second-order valence-corrected chi connectivity index (χ2v) is 11.8. The van der Waals surface area contributed by atoms with Crippen LogP contribution in [-0.4, -0.2) is 12.1 Å². The van der Waals surface area contributed by atoms with Crippen LogP contribution in [0.4, 0.5) is 35.1 Å². The Morgan fingerprint density at radius 1 is 0.809 bits per heavy atom. The third-order valence-electron chi connectivity index (χ3n) is 8.55. The molecule has 0 N–H and O–H groups in total. The molecule has 0 radical (unpaired) electrons. The Balaban J connectivity index is 1.33. The van der Waals surface area contributed by atoms with Gasteiger partial charge in [-0.2, -0.15) is 13.2 Å². The number of rotatable bonds is 8. The molecule has 0 aliphatic heterocycles. The Morgan fingerprint density at radius 3 is 2.15 bits per heavy atom. The van der Waals surface area contributed by atoms with Crippen molar-refractivity contribution in [3.05, 3.63) is 89.2 Å². The van der Waals surface area contributed by atoms with Gasteiger partial charge in [-0.3, -0.25) is 4.79 Å². The molecule has 1 aliphatic carbocycles. The highest BCUT2D eigenvalue weighted by molar-refractivity contribution is 5.89.